The summed E-state index contributed by atoms with van der Waals surface area (Å²) in [4.78, 5) is 27.7. The highest BCUT2D eigenvalue weighted by Gasteiger charge is 2.31. The van der Waals surface area contributed by atoms with E-state index < -0.39 is 28.5 Å². The van der Waals surface area contributed by atoms with E-state index in [9.17, 15) is 18.0 Å². The minimum Gasteiger partial charge on any atom is -0.352 e. The van der Waals surface area contributed by atoms with Crippen molar-refractivity contribution in [2.75, 3.05) is 17.1 Å². The maximum atomic E-state index is 13.5. The summed E-state index contributed by atoms with van der Waals surface area (Å²) < 4.78 is 27.0. The van der Waals surface area contributed by atoms with Gasteiger partial charge in [-0.05, 0) is 56.2 Å². The van der Waals surface area contributed by atoms with E-state index in [4.69, 9.17) is 23.2 Å². The van der Waals surface area contributed by atoms with Gasteiger partial charge in [-0.25, -0.2) is 8.42 Å². The molecule has 2 aromatic carbocycles. The second kappa shape index (κ2) is 12.2. The van der Waals surface area contributed by atoms with Crippen LogP contribution in [0.1, 0.15) is 32.8 Å². The lowest BCUT2D eigenvalue weighted by atomic mass is 10.1. The molecule has 0 heterocycles. The average Bonchev–Trinajstić information content (AvgIpc) is 2.77. The zero-order valence-electron chi connectivity index (χ0n) is 19.4. The van der Waals surface area contributed by atoms with Gasteiger partial charge in [-0.15, -0.1) is 0 Å². The molecular weight excluding hydrogens is 565 g/mol. The topological polar surface area (TPSA) is 86.8 Å². The molecule has 0 aromatic heterocycles. The van der Waals surface area contributed by atoms with Crippen molar-refractivity contribution in [1.82, 2.24) is 10.2 Å². The Bertz CT molecular complexity index is 1130. The number of anilines is 1. The summed E-state index contributed by atoms with van der Waals surface area (Å²) in [6.45, 7) is 5.00. The van der Waals surface area contributed by atoms with Crippen molar-refractivity contribution >= 4 is 66.7 Å². The van der Waals surface area contributed by atoms with Crippen molar-refractivity contribution in [3.05, 3.63) is 62.5 Å². The molecule has 34 heavy (non-hydrogen) atoms. The number of carbonyl (C=O) groups is 2. The van der Waals surface area contributed by atoms with Crippen molar-refractivity contribution in [3.8, 4) is 0 Å². The molecule has 2 amide bonds. The van der Waals surface area contributed by atoms with Gasteiger partial charge in [-0.3, -0.25) is 13.9 Å². The quantitative estimate of drug-likeness (QED) is 0.427. The molecule has 0 radical (unpaired) electrons. The van der Waals surface area contributed by atoms with Gasteiger partial charge in [0.15, 0.2) is 0 Å². The number of amides is 2. The van der Waals surface area contributed by atoms with Gasteiger partial charge in [0.2, 0.25) is 21.8 Å². The minimum atomic E-state index is -3.90. The van der Waals surface area contributed by atoms with Crippen LogP contribution in [0.5, 0.6) is 0 Å². The summed E-state index contributed by atoms with van der Waals surface area (Å²) in [5.41, 5.74) is 0.872. The number of nitrogens with one attached hydrogen (secondary N) is 1. The Kier molecular flexibility index (Phi) is 10.2. The third-order valence-electron chi connectivity index (χ3n) is 5.29. The Morgan fingerprint density at radius 1 is 1.09 bits per heavy atom. The van der Waals surface area contributed by atoms with Crippen LogP contribution < -0.4 is 9.62 Å². The molecule has 0 aliphatic rings. The molecule has 0 aliphatic carbocycles. The number of carbonyl (C=O) groups excluding carboxylic acids is 2. The molecule has 0 spiro atoms. The monoisotopic (exact) mass is 591 g/mol. The van der Waals surface area contributed by atoms with E-state index in [2.05, 4.69) is 21.2 Å². The van der Waals surface area contributed by atoms with Gasteiger partial charge in [-0.1, -0.05) is 58.2 Å². The second-order valence-corrected chi connectivity index (χ2v) is 11.7. The number of rotatable bonds is 10. The highest BCUT2D eigenvalue weighted by atomic mass is 79.9. The van der Waals surface area contributed by atoms with Crippen LogP contribution >= 0.6 is 39.1 Å². The third kappa shape index (κ3) is 7.86. The maximum absolute atomic E-state index is 13.5. The molecule has 0 bridgehead atoms. The standard InChI is InChI=1S/C23H28BrCl2N3O4S/c1-5-15(2)27-23(31)16(3)28(13-17-6-8-18(24)9-7-17)22(30)14-29(34(4,32)33)21-12-19(25)10-11-20(21)26/h6-12,15-16H,5,13-14H2,1-4H3,(H,27,31). The van der Waals surface area contributed by atoms with Crippen LogP contribution in [-0.2, 0) is 26.2 Å². The number of benzene rings is 2. The predicted octanol–water partition coefficient (Wildman–Crippen LogP) is 4.85. The predicted molar refractivity (Wildman–Crippen MR) is 141 cm³/mol. The van der Waals surface area contributed by atoms with Crippen LogP contribution in [0.3, 0.4) is 0 Å². The highest BCUT2D eigenvalue weighted by molar-refractivity contribution is 9.10. The van der Waals surface area contributed by atoms with E-state index in [1.54, 1.807) is 6.92 Å². The van der Waals surface area contributed by atoms with Gasteiger partial charge in [0, 0.05) is 22.1 Å². The normalized spacial score (nSPS) is 13.1. The van der Waals surface area contributed by atoms with Crippen LogP contribution in [-0.4, -0.2) is 50.0 Å². The number of nitrogens with zero attached hydrogens (tertiary/aromatic N) is 2. The maximum Gasteiger partial charge on any atom is 0.244 e. The first-order valence-corrected chi connectivity index (χ1v) is 14.0. The van der Waals surface area contributed by atoms with Crippen LogP contribution in [0.4, 0.5) is 5.69 Å². The Hall–Kier alpha value is -1.81. The van der Waals surface area contributed by atoms with Gasteiger partial charge in [0.05, 0.1) is 17.0 Å². The fourth-order valence-electron chi connectivity index (χ4n) is 3.11. The summed E-state index contributed by atoms with van der Waals surface area (Å²) >= 11 is 15.7. The third-order valence-corrected chi connectivity index (χ3v) is 7.50. The lowest BCUT2D eigenvalue weighted by molar-refractivity contribution is -0.139. The lowest BCUT2D eigenvalue weighted by Gasteiger charge is -2.32. The van der Waals surface area contributed by atoms with Gasteiger partial charge in [-0.2, -0.15) is 0 Å². The summed E-state index contributed by atoms with van der Waals surface area (Å²) in [7, 11) is -3.90. The first-order valence-electron chi connectivity index (χ1n) is 10.6. The van der Waals surface area contributed by atoms with Gasteiger partial charge < -0.3 is 10.2 Å². The number of sulfonamides is 1. The Balaban J connectivity index is 2.42. The summed E-state index contributed by atoms with van der Waals surface area (Å²) in [5.74, 6) is -0.886. The highest BCUT2D eigenvalue weighted by Crippen LogP contribution is 2.31. The van der Waals surface area contributed by atoms with Gasteiger partial charge in [0.25, 0.3) is 0 Å². The van der Waals surface area contributed by atoms with Crippen LogP contribution in [0, 0.1) is 0 Å². The molecule has 0 fully saturated rings. The molecule has 2 rings (SSSR count). The Morgan fingerprint density at radius 2 is 1.71 bits per heavy atom. The summed E-state index contributed by atoms with van der Waals surface area (Å²) in [5, 5.41) is 3.28. The lowest BCUT2D eigenvalue weighted by Crippen LogP contribution is -2.52. The van der Waals surface area contributed by atoms with E-state index in [1.165, 1.54) is 23.1 Å². The van der Waals surface area contributed by atoms with Gasteiger partial charge >= 0.3 is 0 Å². The first kappa shape index (κ1) is 28.4. The molecule has 186 valence electrons. The molecule has 0 saturated heterocycles. The zero-order chi connectivity index (χ0) is 25.6. The summed E-state index contributed by atoms with van der Waals surface area (Å²) in [6, 6.07) is 10.8. The van der Waals surface area contributed by atoms with Crippen molar-refractivity contribution in [3.63, 3.8) is 0 Å². The molecule has 7 nitrogen and oxygen atoms in total. The molecule has 0 saturated carbocycles. The van der Waals surface area contributed by atoms with E-state index >= 15 is 0 Å². The van der Waals surface area contributed by atoms with E-state index in [0.29, 0.717) is 0 Å². The van der Waals surface area contributed by atoms with Crippen molar-refractivity contribution in [2.24, 2.45) is 0 Å². The van der Waals surface area contributed by atoms with E-state index in [0.717, 1.165) is 27.0 Å². The average molecular weight is 593 g/mol. The number of hydrogen-bond donors (Lipinski definition) is 1. The molecular formula is C23H28BrCl2N3O4S. The van der Waals surface area contributed by atoms with Crippen LogP contribution in [0.2, 0.25) is 10.0 Å². The van der Waals surface area contributed by atoms with Crippen molar-refractivity contribution in [1.29, 1.82) is 0 Å². The zero-order valence-corrected chi connectivity index (χ0v) is 23.3. The number of halogens is 3. The smallest absolute Gasteiger partial charge is 0.244 e. The first-order chi connectivity index (χ1) is 15.8. The largest absolute Gasteiger partial charge is 0.352 e. The van der Waals surface area contributed by atoms with Crippen molar-refractivity contribution in [2.45, 2.75) is 45.8 Å². The van der Waals surface area contributed by atoms with Crippen LogP contribution in [0.15, 0.2) is 46.9 Å². The minimum absolute atomic E-state index is 0.0719. The van der Waals surface area contributed by atoms with Crippen LogP contribution in [0.25, 0.3) is 0 Å². The van der Waals surface area contributed by atoms with Crippen molar-refractivity contribution < 1.29 is 18.0 Å². The van der Waals surface area contributed by atoms with E-state index in [1.807, 2.05) is 38.1 Å². The molecule has 2 aromatic rings. The van der Waals surface area contributed by atoms with Gasteiger partial charge in [0.1, 0.15) is 12.6 Å². The van der Waals surface area contributed by atoms with E-state index in [-0.39, 0.29) is 34.2 Å². The molecule has 1 N–H and O–H groups in total. The molecule has 2 unspecified atom stereocenters. The SMILES string of the molecule is CCC(C)NC(=O)C(C)N(Cc1ccc(Br)cc1)C(=O)CN(c1cc(Cl)ccc1Cl)S(C)(=O)=O. The summed E-state index contributed by atoms with van der Waals surface area (Å²) in [6.07, 6.45) is 1.71. The second-order valence-electron chi connectivity index (χ2n) is 8.01. The molecule has 11 heteroatoms. The fraction of sp³-hybridized carbons (Fsp3) is 0.391. The molecule has 0 aliphatic heterocycles. The number of hydrogen-bond acceptors (Lipinski definition) is 4. The molecule has 2 atom stereocenters. The Morgan fingerprint density at radius 3 is 2.26 bits per heavy atom. The Labute approximate surface area is 219 Å². The fourth-order valence-corrected chi connectivity index (χ4v) is 4.66.